The van der Waals surface area contributed by atoms with Gasteiger partial charge >= 0.3 is 12.1 Å². The van der Waals surface area contributed by atoms with E-state index in [2.05, 4.69) is 19.9 Å². The summed E-state index contributed by atoms with van der Waals surface area (Å²) in [5, 5.41) is 20.7. The van der Waals surface area contributed by atoms with Crippen molar-refractivity contribution in [2.75, 3.05) is 14.2 Å². The molecule has 10 nitrogen and oxygen atoms in total. The Morgan fingerprint density at radius 1 is 0.830 bits per heavy atom. The van der Waals surface area contributed by atoms with Gasteiger partial charge in [-0.1, -0.05) is 60.7 Å². The number of aromatic amines is 1. The zero-order valence-corrected chi connectivity index (χ0v) is 24.8. The van der Waals surface area contributed by atoms with Crippen molar-refractivity contribution in [3.8, 4) is 17.0 Å². The second-order valence-electron chi connectivity index (χ2n) is 10.5. The predicted molar refractivity (Wildman–Crippen MR) is 166 cm³/mol. The van der Waals surface area contributed by atoms with Crippen molar-refractivity contribution in [2.45, 2.75) is 18.4 Å². The minimum absolute atomic E-state index is 0.0396. The molecule has 238 valence electrons. The van der Waals surface area contributed by atoms with Crippen LogP contribution in [-0.2, 0) is 14.3 Å². The van der Waals surface area contributed by atoms with Crippen LogP contribution in [0.25, 0.3) is 33.1 Å². The average molecular weight is 643 g/mol. The fourth-order valence-electron chi connectivity index (χ4n) is 5.68. The summed E-state index contributed by atoms with van der Waals surface area (Å²) in [5.41, 5.74) is 2.69. The number of nitrogens with zero attached hydrogens (tertiary/aromatic N) is 3. The van der Waals surface area contributed by atoms with Crippen molar-refractivity contribution >= 4 is 33.5 Å². The number of carbonyl (C=O) groups excluding carboxylic acids is 1. The number of alkyl halides is 3. The number of methoxy groups -OCH3 is 2. The molecule has 6 rings (SSSR count). The van der Waals surface area contributed by atoms with Crippen molar-refractivity contribution in [2.24, 2.45) is 0 Å². The van der Waals surface area contributed by atoms with E-state index in [9.17, 15) is 28.1 Å². The van der Waals surface area contributed by atoms with Gasteiger partial charge in [-0.25, -0.2) is 9.78 Å². The predicted octanol–water partition coefficient (Wildman–Crippen LogP) is 7.63. The molecule has 13 heteroatoms. The number of aromatic nitrogens is 3. The number of hydrogen-bond donors (Lipinski definition) is 1. The maximum atomic E-state index is 13.0. The Balaban J connectivity index is 1.69. The first-order valence-electron chi connectivity index (χ1n) is 14.1. The molecule has 0 radical (unpaired) electrons. The number of halogens is 3. The average Bonchev–Trinajstić information content (AvgIpc) is 3.55. The fourth-order valence-corrected chi connectivity index (χ4v) is 5.68. The lowest BCUT2D eigenvalue weighted by Crippen LogP contribution is -2.27. The van der Waals surface area contributed by atoms with Gasteiger partial charge in [0.2, 0.25) is 0 Å². The Kier molecular flexibility index (Phi) is 8.41. The number of fused-ring (bicyclic) bond motifs is 3. The molecule has 0 saturated carbocycles. The van der Waals surface area contributed by atoms with Crippen LogP contribution >= 0.6 is 0 Å². The Morgan fingerprint density at radius 3 is 1.94 bits per heavy atom. The highest BCUT2D eigenvalue weighted by Gasteiger charge is 2.41. The van der Waals surface area contributed by atoms with Crippen molar-refractivity contribution in [3.63, 3.8) is 0 Å². The molecule has 6 aromatic rings. The molecular formula is C34H25F3N4O6. The highest BCUT2D eigenvalue weighted by molar-refractivity contribution is 6.11. The molecule has 0 spiro atoms. The third kappa shape index (κ3) is 6.01. The summed E-state index contributed by atoms with van der Waals surface area (Å²) < 4.78 is 55.7. The van der Waals surface area contributed by atoms with Crippen LogP contribution < -0.4 is 4.74 Å². The number of H-pyrrole nitrogens is 1. The van der Waals surface area contributed by atoms with Gasteiger partial charge in [-0.05, 0) is 51.9 Å². The second-order valence-corrected chi connectivity index (χ2v) is 10.5. The Hall–Kier alpha value is -5.66. The Labute approximate surface area is 264 Å². The summed E-state index contributed by atoms with van der Waals surface area (Å²) in [6, 6.07) is 25.5. The van der Waals surface area contributed by atoms with E-state index in [4.69, 9.17) is 9.47 Å². The number of hydrogen-bond acceptors (Lipinski definition) is 8. The first-order chi connectivity index (χ1) is 22.6. The third-order valence-corrected chi connectivity index (χ3v) is 7.71. The van der Waals surface area contributed by atoms with Gasteiger partial charge in [0.15, 0.2) is 5.65 Å². The molecule has 0 fully saturated rings. The van der Waals surface area contributed by atoms with Crippen LogP contribution in [0, 0.1) is 10.1 Å². The highest BCUT2D eigenvalue weighted by atomic mass is 19.4. The summed E-state index contributed by atoms with van der Waals surface area (Å²) in [7, 11) is 3.14. The van der Waals surface area contributed by atoms with E-state index in [1.807, 2.05) is 66.7 Å². The fraction of sp³-hybridized carbons (Fsp3) is 0.147. The molecule has 0 aliphatic heterocycles. The SMILES string of the molecule is COC(c1ccccc1)c1cc2c(-c3cc(OC(=O)C(F)(F)F)ccc3[N+](=O)[O-])nc3[nH]ncc3c2cc1C(OC)c1ccccc1. The second kappa shape index (κ2) is 12.6. The normalized spacial score (nSPS) is 13.0. The van der Waals surface area contributed by atoms with E-state index >= 15 is 0 Å². The van der Waals surface area contributed by atoms with E-state index < -0.39 is 40.7 Å². The van der Waals surface area contributed by atoms with Crippen LogP contribution in [0.15, 0.2) is 97.2 Å². The van der Waals surface area contributed by atoms with Gasteiger partial charge in [-0.2, -0.15) is 18.3 Å². The monoisotopic (exact) mass is 642 g/mol. The number of ether oxygens (including phenoxy) is 3. The maximum absolute atomic E-state index is 13.0. The number of pyridine rings is 1. The summed E-state index contributed by atoms with van der Waals surface area (Å²) in [4.78, 5) is 27.8. The first-order valence-corrected chi connectivity index (χ1v) is 14.1. The van der Waals surface area contributed by atoms with Crippen LogP contribution in [0.5, 0.6) is 5.75 Å². The summed E-state index contributed by atoms with van der Waals surface area (Å²) >= 11 is 0. The van der Waals surface area contributed by atoms with Gasteiger partial charge in [-0.15, -0.1) is 0 Å². The van der Waals surface area contributed by atoms with Gasteiger partial charge in [0.25, 0.3) is 5.69 Å². The Morgan fingerprint density at radius 2 is 1.40 bits per heavy atom. The summed E-state index contributed by atoms with van der Waals surface area (Å²) in [6.07, 6.45) is -4.94. The lowest BCUT2D eigenvalue weighted by atomic mass is 9.87. The van der Waals surface area contributed by atoms with Gasteiger partial charge in [0.1, 0.15) is 18.0 Å². The van der Waals surface area contributed by atoms with Crippen molar-refractivity contribution < 1.29 is 37.1 Å². The molecule has 0 aliphatic rings. The minimum atomic E-state index is -5.28. The zero-order valence-electron chi connectivity index (χ0n) is 24.8. The van der Waals surface area contributed by atoms with E-state index in [1.165, 1.54) is 0 Å². The molecule has 2 heterocycles. The molecule has 1 N–H and O–H groups in total. The number of benzene rings is 4. The lowest BCUT2D eigenvalue weighted by Gasteiger charge is -2.26. The van der Waals surface area contributed by atoms with Crippen LogP contribution in [0.3, 0.4) is 0 Å². The molecule has 0 aliphatic carbocycles. The van der Waals surface area contributed by atoms with Crippen LogP contribution in [0.4, 0.5) is 18.9 Å². The third-order valence-electron chi connectivity index (χ3n) is 7.71. The van der Waals surface area contributed by atoms with E-state index in [0.717, 1.165) is 34.9 Å². The quantitative estimate of drug-likeness (QED) is 0.0738. The van der Waals surface area contributed by atoms with Gasteiger partial charge in [0, 0.05) is 31.1 Å². The standard InChI is InChI=1S/C34H25F3N4O6/c1-45-30(19-9-5-3-6-10-19)24-16-22-23(17-25(24)31(46-2)20-11-7-4-8-12-20)29(39-32-27(22)18-38-40-32)26-15-21(13-14-28(26)41(43)44)47-33(42)34(35,36)37/h3-18,30-31H,1-2H3,(H,38,39,40). The van der Waals surface area contributed by atoms with E-state index in [1.54, 1.807) is 26.5 Å². The van der Waals surface area contributed by atoms with Gasteiger partial charge < -0.3 is 14.2 Å². The number of nitrogens with one attached hydrogen (secondary N) is 1. The molecule has 47 heavy (non-hydrogen) atoms. The van der Waals surface area contributed by atoms with Gasteiger partial charge in [-0.3, -0.25) is 15.2 Å². The van der Waals surface area contributed by atoms with Crippen LogP contribution in [0.2, 0.25) is 0 Å². The molecule has 0 bridgehead atoms. The molecular weight excluding hydrogens is 617 g/mol. The minimum Gasteiger partial charge on any atom is -0.420 e. The Bertz CT molecular complexity index is 2100. The molecule has 4 aromatic carbocycles. The number of esters is 1. The topological polar surface area (TPSA) is 129 Å². The summed E-state index contributed by atoms with van der Waals surface area (Å²) in [6.45, 7) is 0. The van der Waals surface area contributed by atoms with Crippen LogP contribution in [-0.4, -0.2) is 46.5 Å². The van der Waals surface area contributed by atoms with Crippen molar-refractivity contribution in [1.29, 1.82) is 0 Å². The summed E-state index contributed by atoms with van der Waals surface area (Å²) in [5.74, 6) is -3.02. The van der Waals surface area contributed by atoms with Crippen LogP contribution in [0.1, 0.15) is 34.5 Å². The number of nitro groups is 1. The number of rotatable bonds is 9. The lowest BCUT2D eigenvalue weighted by molar-refractivity contribution is -0.384. The van der Waals surface area contributed by atoms with E-state index in [0.29, 0.717) is 21.7 Å². The molecule has 2 atom stereocenters. The molecule has 0 saturated heterocycles. The smallest absolute Gasteiger partial charge is 0.420 e. The largest absolute Gasteiger partial charge is 0.491 e. The maximum Gasteiger partial charge on any atom is 0.491 e. The van der Waals surface area contributed by atoms with Crippen molar-refractivity contribution in [3.05, 3.63) is 130 Å². The molecule has 2 aromatic heterocycles. The number of carbonyl (C=O) groups is 1. The van der Waals surface area contributed by atoms with E-state index in [-0.39, 0.29) is 16.9 Å². The zero-order chi connectivity index (χ0) is 33.3. The van der Waals surface area contributed by atoms with Crippen molar-refractivity contribution in [1.82, 2.24) is 15.2 Å². The highest BCUT2D eigenvalue weighted by Crippen LogP contribution is 2.43. The molecule has 0 amide bonds. The first kappa shape index (κ1) is 31.3. The van der Waals surface area contributed by atoms with Gasteiger partial charge in [0.05, 0.1) is 22.4 Å². The molecule has 2 unspecified atom stereocenters. The number of nitro benzene ring substituents is 1.